The van der Waals surface area contributed by atoms with E-state index in [0.717, 1.165) is 50.9 Å². The molecule has 3 aromatic carbocycles. The van der Waals surface area contributed by atoms with E-state index >= 15 is 4.39 Å². The molecule has 45 heavy (non-hydrogen) atoms. The monoisotopic (exact) mass is 640 g/mol. The van der Waals surface area contributed by atoms with Crippen molar-refractivity contribution in [1.82, 2.24) is 0 Å². The Labute approximate surface area is 257 Å². The Morgan fingerprint density at radius 3 is 1.82 bits per heavy atom. The molecular weight excluding hydrogens is 604 g/mol. The zero-order valence-corrected chi connectivity index (χ0v) is 25.0. The summed E-state index contributed by atoms with van der Waals surface area (Å²) in [7, 11) is 0. The van der Waals surface area contributed by atoms with Gasteiger partial charge in [-0.05, 0) is 111 Å². The molecule has 5 rings (SSSR count). The summed E-state index contributed by atoms with van der Waals surface area (Å²) in [6.07, 6.45) is 5.07. The maximum atomic E-state index is 15.3. The van der Waals surface area contributed by atoms with E-state index in [1.54, 1.807) is 6.07 Å². The molecule has 10 heteroatoms. The van der Waals surface area contributed by atoms with Crippen molar-refractivity contribution in [2.45, 2.75) is 76.7 Å². The van der Waals surface area contributed by atoms with Gasteiger partial charge >= 0.3 is 6.11 Å². The lowest BCUT2D eigenvalue weighted by Gasteiger charge is -2.38. The third-order valence-corrected chi connectivity index (χ3v) is 9.34. The molecular formula is C35H36F8O2. The summed E-state index contributed by atoms with van der Waals surface area (Å²) in [5.74, 6) is -8.87. The normalized spacial score (nSPS) is 22.4. The minimum Gasteiger partial charge on any atom is -0.429 e. The molecule has 2 saturated carbocycles. The van der Waals surface area contributed by atoms with Crippen LogP contribution in [0.15, 0.2) is 42.5 Å². The van der Waals surface area contributed by atoms with Crippen LogP contribution in [0.5, 0.6) is 5.75 Å². The van der Waals surface area contributed by atoms with Gasteiger partial charge in [0.2, 0.25) is 0 Å². The van der Waals surface area contributed by atoms with E-state index in [1.807, 2.05) is 0 Å². The fourth-order valence-corrected chi connectivity index (χ4v) is 6.96. The first-order valence-corrected chi connectivity index (χ1v) is 15.5. The molecule has 0 aliphatic heterocycles. The quantitative estimate of drug-likeness (QED) is 0.125. The van der Waals surface area contributed by atoms with Crippen LogP contribution < -0.4 is 4.74 Å². The van der Waals surface area contributed by atoms with Crippen LogP contribution in [0, 0.1) is 52.7 Å². The third kappa shape index (κ3) is 7.64. The number of hydrogen-bond acceptors (Lipinski definition) is 2. The van der Waals surface area contributed by atoms with Crippen molar-refractivity contribution in [1.29, 1.82) is 0 Å². The Morgan fingerprint density at radius 2 is 1.27 bits per heavy atom. The minimum absolute atomic E-state index is 0.121. The van der Waals surface area contributed by atoms with Crippen LogP contribution in [-0.2, 0) is 10.8 Å². The van der Waals surface area contributed by atoms with Gasteiger partial charge < -0.3 is 9.47 Å². The predicted molar refractivity (Wildman–Crippen MR) is 154 cm³/mol. The highest BCUT2D eigenvalue weighted by atomic mass is 19.3. The standard InChI is InChI=1S/C35H36F8O2/c1-2-13-44-19-20-3-5-21(6-4-20)22-7-9-23(10-8-22)24-11-12-27(28(36)14-24)25-15-29(37)33(30(38)16-25)35(42,43)45-26-17-31(39)34(41)32(40)18-26/h11-12,14-18,20-23H,2-10,13,19H2,1H3. The first kappa shape index (κ1) is 33.2. The van der Waals surface area contributed by atoms with Gasteiger partial charge in [-0.15, -0.1) is 0 Å². The summed E-state index contributed by atoms with van der Waals surface area (Å²) in [5.41, 5.74) is -1.55. The van der Waals surface area contributed by atoms with Crippen LogP contribution in [0.1, 0.15) is 81.8 Å². The molecule has 0 heterocycles. The minimum atomic E-state index is -4.73. The summed E-state index contributed by atoms with van der Waals surface area (Å²) < 4.78 is 124. The molecule has 0 atom stereocenters. The van der Waals surface area contributed by atoms with E-state index in [0.29, 0.717) is 29.9 Å². The first-order valence-electron chi connectivity index (χ1n) is 15.5. The summed E-state index contributed by atoms with van der Waals surface area (Å²) in [5, 5.41) is 0. The van der Waals surface area contributed by atoms with E-state index in [4.69, 9.17) is 4.74 Å². The van der Waals surface area contributed by atoms with Gasteiger partial charge in [0.15, 0.2) is 17.5 Å². The second-order valence-electron chi connectivity index (χ2n) is 12.3. The summed E-state index contributed by atoms with van der Waals surface area (Å²) in [6.45, 7) is 3.77. The average Bonchev–Trinajstić information content (AvgIpc) is 2.99. The zero-order chi connectivity index (χ0) is 32.3. The van der Waals surface area contributed by atoms with Crippen LogP contribution >= 0.6 is 0 Å². The smallest absolute Gasteiger partial charge is 0.429 e. The fourth-order valence-electron chi connectivity index (χ4n) is 6.96. The number of hydrogen-bond donors (Lipinski definition) is 0. The summed E-state index contributed by atoms with van der Waals surface area (Å²) in [6, 6.07) is 5.73. The molecule has 0 amide bonds. The summed E-state index contributed by atoms with van der Waals surface area (Å²) >= 11 is 0. The van der Waals surface area contributed by atoms with Gasteiger partial charge in [-0.3, -0.25) is 0 Å². The van der Waals surface area contributed by atoms with E-state index < -0.39 is 52.3 Å². The second-order valence-corrected chi connectivity index (χ2v) is 12.3. The lowest BCUT2D eigenvalue weighted by atomic mass is 9.68. The van der Waals surface area contributed by atoms with E-state index in [-0.39, 0.29) is 29.2 Å². The van der Waals surface area contributed by atoms with E-state index in [1.165, 1.54) is 37.8 Å². The van der Waals surface area contributed by atoms with Crippen molar-refractivity contribution in [3.8, 4) is 16.9 Å². The molecule has 3 aromatic rings. The zero-order valence-electron chi connectivity index (χ0n) is 25.0. The van der Waals surface area contributed by atoms with Crippen molar-refractivity contribution in [3.63, 3.8) is 0 Å². The first-order chi connectivity index (χ1) is 21.5. The van der Waals surface area contributed by atoms with Crippen LogP contribution in [0.4, 0.5) is 35.1 Å². The molecule has 0 unspecified atom stereocenters. The molecule has 0 aromatic heterocycles. The third-order valence-electron chi connectivity index (χ3n) is 9.34. The Morgan fingerprint density at radius 1 is 0.689 bits per heavy atom. The van der Waals surface area contributed by atoms with Crippen LogP contribution in [0.2, 0.25) is 0 Å². The maximum Gasteiger partial charge on any atom is 0.432 e. The van der Waals surface area contributed by atoms with Crippen LogP contribution in [-0.4, -0.2) is 13.2 Å². The van der Waals surface area contributed by atoms with Gasteiger partial charge in [0, 0.05) is 30.9 Å². The van der Waals surface area contributed by atoms with Crippen molar-refractivity contribution < 1.29 is 44.6 Å². The average molecular weight is 641 g/mol. The molecule has 2 aliphatic rings. The number of alkyl halides is 2. The van der Waals surface area contributed by atoms with Crippen molar-refractivity contribution in [2.24, 2.45) is 17.8 Å². The molecule has 244 valence electrons. The Hall–Kier alpha value is -3.14. The predicted octanol–water partition coefficient (Wildman–Crippen LogP) is 10.8. The highest BCUT2D eigenvalue weighted by Gasteiger charge is 2.42. The van der Waals surface area contributed by atoms with Gasteiger partial charge in [0.1, 0.15) is 28.8 Å². The maximum absolute atomic E-state index is 15.3. The Bertz CT molecular complexity index is 1430. The highest BCUT2D eigenvalue weighted by Crippen LogP contribution is 2.45. The summed E-state index contributed by atoms with van der Waals surface area (Å²) in [4.78, 5) is 0. The van der Waals surface area contributed by atoms with Gasteiger partial charge in [0.05, 0.1) is 0 Å². The SMILES string of the molecule is CCCOCC1CCC(C2CCC(c3ccc(-c4cc(F)c(C(F)(F)Oc5cc(F)c(F)c(F)c5)c(F)c4)c(F)c3)CC2)CC1. The topological polar surface area (TPSA) is 18.5 Å². The van der Waals surface area contributed by atoms with Gasteiger partial charge in [0.25, 0.3) is 0 Å². The van der Waals surface area contributed by atoms with Gasteiger partial charge in [-0.1, -0.05) is 19.1 Å². The second kappa shape index (κ2) is 14.1. The van der Waals surface area contributed by atoms with Gasteiger partial charge in [-0.25, -0.2) is 26.3 Å². The van der Waals surface area contributed by atoms with Crippen molar-refractivity contribution in [2.75, 3.05) is 13.2 Å². The molecule has 2 aliphatic carbocycles. The molecule has 2 nitrogen and oxygen atoms in total. The molecule has 0 saturated heterocycles. The van der Waals surface area contributed by atoms with Crippen LogP contribution in [0.3, 0.4) is 0 Å². The molecule has 0 bridgehead atoms. The number of rotatable bonds is 10. The Kier molecular flexibility index (Phi) is 10.4. The highest BCUT2D eigenvalue weighted by molar-refractivity contribution is 5.65. The number of benzene rings is 3. The van der Waals surface area contributed by atoms with E-state index in [9.17, 15) is 30.7 Å². The molecule has 0 N–H and O–H groups in total. The fraction of sp³-hybridized carbons (Fsp3) is 0.486. The van der Waals surface area contributed by atoms with Gasteiger partial charge in [-0.2, -0.15) is 8.78 Å². The van der Waals surface area contributed by atoms with E-state index in [2.05, 4.69) is 11.7 Å². The lowest BCUT2D eigenvalue weighted by Crippen LogP contribution is -2.26. The molecule has 0 spiro atoms. The Balaban J connectivity index is 1.22. The number of ether oxygens (including phenoxy) is 2. The molecule has 2 fully saturated rings. The largest absolute Gasteiger partial charge is 0.432 e. The number of halogens is 8. The van der Waals surface area contributed by atoms with Crippen molar-refractivity contribution >= 4 is 0 Å². The van der Waals surface area contributed by atoms with Crippen molar-refractivity contribution in [3.05, 3.63) is 88.5 Å². The lowest BCUT2D eigenvalue weighted by molar-refractivity contribution is -0.189. The molecule has 0 radical (unpaired) electrons. The van der Waals surface area contributed by atoms with Crippen LogP contribution in [0.25, 0.3) is 11.1 Å².